The van der Waals surface area contributed by atoms with Crippen LogP contribution in [0, 0.1) is 23.2 Å². The molecule has 7 heteroatoms. The first-order chi connectivity index (χ1) is 12.0. The van der Waals surface area contributed by atoms with E-state index in [2.05, 4.69) is 24.6 Å². The van der Waals surface area contributed by atoms with Crippen molar-refractivity contribution in [2.45, 2.75) is 33.1 Å². The summed E-state index contributed by atoms with van der Waals surface area (Å²) in [5.74, 6) is 1.44. The van der Waals surface area contributed by atoms with E-state index in [1.165, 1.54) is 0 Å². The van der Waals surface area contributed by atoms with Crippen LogP contribution in [-0.2, 0) is 4.79 Å². The molecule has 1 aromatic carbocycles. The number of ether oxygens (including phenoxy) is 1. The molecule has 2 rings (SSSR count). The number of benzene rings is 1. The minimum absolute atomic E-state index is 0.226. The quantitative estimate of drug-likeness (QED) is 0.724. The summed E-state index contributed by atoms with van der Waals surface area (Å²) in [4.78, 5) is 14.2. The zero-order chi connectivity index (χ0) is 18.2. The zero-order valence-electron chi connectivity index (χ0n) is 14.8. The lowest BCUT2D eigenvalue weighted by Gasteiger charge is -2.33. The number of nitrogens with one attached hydrogen (secondary N) is 1. The number of hydrogen-bond acceptors (Lipinski definition) is 6. The first kappa shape index (κ1) is 19.4. The van der Waals surface area contributed by atoms with Crippen molar-refractivity contribution in [3.05, 3.63) is 23.8 Å². The van der Waals surface area contributed by atoms with E-state index in [-0.39, 0.29) is 11.8 Å². The van der Waals surface area contributed by atoms with E-state index in [1.54, 1.807) is 12.1 Å². The molecule has 136 valence electrons. The van der Waals surface area contributed by atoms with Gasteiger partial charge in [-0.05, 0) is 30.9 Å². The number of amides is 1. The van der Waals surface area contributed by atoms with Crippen LogP contribution in [0.1, 0.15) is 38.7 Å². The van der Waals surface area contributed by atoms with E-state index in [4.69, 9.17) is 9.88 Å². The van der Waals surface area contributed by atoms with Crippen molar-refractivity contribution in [3.8, 4) is 11.8 Å². The Morgan fingerprint density at radius 1 is 1.56 bits per heavy atom. The molecule has 0 aromatic heterocycles. The van der Waals surface area contributed by atoms with Gasteiger partial charge in [-0.15, -0.1) is 0 Å². The Hall–Kier alpha value is -1.91. The van der Waals surface area contributed by atoms with Gasteiger partial charge in [0.2, 0.25) is 5.91 Å². The average molecular weight is 362 g/mol. The third kappa shape index (κ3) is 5.55. The third-order valence-corrected chi connectivity index (χ3v) is 4.57. The molecule has 0 saturated carbocycles. The Balaban J connectivity index is 1.96. The highest BCUT2D eigenvalue weighted by atomic mass is 32.2. The molecule has 0 spiro atoms. The second kappa shape index (κ2) is 9.54. The molecule has 0 bridgehead atoms. The summed E-state index contributed by atoms with van der Waals surface area (Å²) in [6.07, 6.45) is 2.62. The normalized spacial score (nSPS) is 17.2. The van der Waals surface area contributed by atoms with Gasteiger partial charge in [-0.25, -0.2) is 0 Å². The first-order valence-electron chi connectivity index (χ1n) is 8.60. The van der Waals surface area contributed by atoms with E-state index >= 15 is 0 Å². The number of hydrogen-bond donors (Lipinski definition) is 2. The smallest absolute Gasteiger partial charge is 0.222 e. The molecule has 0 radical (unpaired) electrons. The van der Waals surface area contributed by atoms with Crippen LogP contribution in [0.15, 0.2) is 18.2 Å². The largest absolute Gasteiger partial charge is 0.492 e. The summed E-state index contributed by atoms with van der Waals surface area (Å²) in [5.41, 5.74) is 1.09. The molecule has 6 nitrogen and oxygen atoms in total. The molecular formula is C18H26N4O2S. The third-order valence-electron chi connectivity index (χ3n) is 4.24. The van der Waals surface area contributed by atoms with Crippen LogP contribution in [0.5, 0.6) is 5.75 Å². The molecule has 1 aliphatic rings. The predicted octanol–water partition coefficient (Wildman–Crippen LogP) is 3.16. The molecule has 1 heterocycles. The fraction of sp³-hybridized carbons (Fsp3) is 0.556. The number of carbonyl (C=O) groups excluding carboxylic acids is 1. The number of nitriles is 1. The summed E-state index contributed by atoms with van der Waals surface area (Å²) >= 11 is 0.947. The summed E-state index contributed by atoms with van der Waals surface area (Å²) in [5, 5.41) is 14.8. The summed E-state index contributed by atoms with van der Waals surface area (Å²) in [6.45, 7) is 6.18. The fourth-order valence-corrected chi connectivity index (χ4v) is 3.33. The number of carbonyl (C=O) groups is 1. The Morgan fingerprint density at radius 3 is 3.04 bits per heavy atom. The van der Waals surface area contributed by atoms with Crippen molar-refractivity contribution >= 4 is 23.7 Å². The van der Waals surface area contributed by atoms with E-state index in [0.717, 1.165) is 38.1 Å². The number of piperidine rings is 1. The number of nitrogens with two attached hydrogens (primary N) is 1. The highest BCUT2D eigenvalue weighted by molar-refractivity contribution is 7.98. The maximum Gasteiger partial charge on any atom is 0.222 e. The highest BCUT2D eigenvalue weighted by Gasteiger charge is 2.24. The lowest BCUT2D eigenvalue weighted by atomic mass is 9.98. The molecular weight excluding hydrogens is 336 g/mol. The number of likely N-dealkylation sites (tertiary alicyclic amines) is 1. The molecule has 1 unspecified atom stereocenters. The molecule has 1 fully saturated rings. The maximum atomic E-state index is 12.3. The lowest BCUT2D eigenvalue weighted by Crippen LogP contribution is -2.42. The standard InChI is InChI=1S/C18H26N4O2S/c1-13(2)9-18(23)22-8-4-5-14(11-22)12-24-17-7-3-6-16(21-25-20)15(17)10-19/h3,6-7,13-14,21H,4-5,8-9,11-12,20H2,1-2H3. The van der Waals surface area contributed by atoms with Gasteiger partial charge in [-0.3, -0.25) is 9.93 Å². The predicted molar refractivity (Wildman–Crippen MR) is 101 cm³/mol. The number of anilines is 1. The van der Waals surface area contributed by atoms with Crippen LogP contribution in [0.4, 0.5) is 5.69 Å². The molecule has 1 aromatic rings. The molecule has 1 saturated heterocycles. The lowest BCUT2D eigenvalue weighted by molar-refractivity contribution is -0.134. The molecule has 1 amide bonds. The van der Waals surface area contributed by atoms with Crippen molar-refractivity contribution in [2.24, 2.45) is 17.0 Å². The number of rotatable bonds is 7. The van der Waals surface area contributed by atoms with Crippen LogP contribution >= 0.6 is 12.1 Å². The minimum atomic E-state index is 0.226. The van der Waals surface area contributed by atoms with Crippen LogP contribution < -0.4 is 14.6 Å². The average Bonchev–Trinajstić information content (AvgIpc) is 2.60. The van der Waals surface area contributed by atoms with Gasteiger partial charge in [0, 0.05) is 37.6 Å². The Bertz CT molecular complexity index is 630. The Morgan fingerprint density at radius 2 is 2.36 bits per heavy atom. The molecule has 1 aliphatic heterocycles. The van der Waals surface area contributed by atoms with Crippen LogP contribution in [0.2, 0.25) is 0 Å². The maximum absolute atomic E-state index is 12.3. The number of nitrogens with zero attached hydrogens (tertiary/aromatic N) is 2. The Labute approximate surface area is 154 Å². The molecule has 0 aliphatic carbocycles. The van der Waals surface area contributed by atoms with Crippen molar-refractivity contribution in [2.75, 3.05) is 24.4 Å². The van der Waals surface area contributed by atoms with Crippen LogP contribution in [0.25, 0.3) is 0 Å². The second-order valence-corrected chi connectivity index (χ2v) is 7.21. The monoisotopic (exact) mass is 362 g/mol. The highest BCUT2D eigenvalue weighted by Crippen LogP contribution is 2.28. The first-order valence-corrected chi connectivity index (χ1v) is 9.48. The van der Waals surface area contributed by atoms with Gasteiger partial charge >= 0.3 is 0 Å². The van der Waals surface area contributed by atoms with Gasteiger partial charge in [-0.1, -0.05) is 19.9 Å². The fourth-order valence-electron chi connectivity index (χ4n) is 3.03. The van der Waals surface area contributed by atoms with Gasteiger partial charge < -0.3 is 14.4 Å². The van der Waals surface area contributed by atoms with Crippen molar-refractivity contribution < 1.29 is 9.53 Å². The van der Waals surface area contributed by atoms with Crippen molar-refractivity contribution in [1.29, 1.82) is 5.26 Å². The van der Waals surface area contributed by atoms with E-state index in [1.807, 2.05) is 11.0 Å². The topological polar surface area (TPSA) is 91.4 Å². The van der Waals surface area contributed by atoms with E-state index < -0.39 is 0 Å². The van der Waals surface area contributed by atoms with Gasteiger partial charge in [-0.2, -0.15) is 5.26 Å². The zero-order valence-corrected chi connectivity index (χ0v) is 15.6. The van der Waals surface area contributed by atoms with Crippen LogP contribution in [0.3, 0.4) is 0 Å². The molecule has 3 N–H and O–H groups in total. The SMILES string of the molecule is CC(C)CC(=O)N1CCCC(COc2cccc(NSN)c2C#N)C1. The van der Waals surface area contributed by atoms with E-state index in [9.17, 15) is 10.1 Å². The molecule has 25 heavy (non-hydrogen) atoms. The second-order valence-electron chi connectivity index (χ2n) is 6.77. The molecule has 1 atom stereocenters. The Kier molecular flexibility index (Phi) is 7.41. The van der Waals surface area contributed by atoms with Crippen molar-refractivity contribution in [1.82, 2.24) is 4.90 Å². The minimum Gasteiger partial charge on any atom is -0.492 e. The summed E-state index contributed by atoms with van der Waals surface area (Å²) in [6, 6.07) is 7.57. The van der Waals surface area contributed by atoms with Gasteiger partial charge in [0.15, 0.2) is 0 Å². The van der Waals surface area contributed by atoms with Gasteiger partial charge in [0.05, 0.1) is 12.3 Å². The van der Waals surface area contributed by atoms with Gasteiger partial charge in [0.25, 0.3) is 0 Å². The van der Waals surface area contributed by atoms with E-state index in [0.29, 0.717) is 35.9 Å². The van der Waals surface area contributed by atoms with Gasteiger partial charge in [0.1, 0.15) is 17.4 Å². The van der Waals surface area contributed by atoms with Crippen LogP contribution in [-0.4, -0.2) is 30.5 Å². The summed E-state index contributed by atoms with van der Waals surface area (Å²) in [7, 11) is 0. The van der Waals surface area contributed by atoms with Crippen molar-refractivity contribution in [3.63, 3.8) is 0 Å². The summed E-state index contributed by atoms with van der Waals surface area (Å²) < 4.78 is 8.80.